The number of nitrogens with zero attached hydrogens (tertiary/aromatic N) is 4. The zero-order valence-electron chi connectivity index (χ0n) is 9.89. The Hall–Kier alpha value is -2.18. The molecular weight excluding hydrogens is 232 g/mol. The molecule has 94 valence electrons. The van der Waals surface area contributed by atoms with E-state index in [9.17, 15) is 4.79 Å². The van der Waals surface area contributed by atoms with E-state index in [4.69, 9.17) is 5.73 Å². The summed E-state index contributed by atoms with van der Waals surface area (Å²) in [5.41, 5.74) is 5.65. The van der Waals surface area contributed by atoms with Crippen LogP contribution in [-0.4, -0.2) is 33.0 Å². The fraction of sp³-hybridized carbons (Fsp3) is 0.455. The van der Waals surface area contributed by atoms with Gasteiger partial charge in [-0.2, -0.15) is 9.97 Å². The minimum Gasteiger partial charge on any atom is -0.368 e. The minimum atomic E-state index is -0.222. The van der Waals surface area contributed by atoms with Crippen molar-refractivity contribution in [2.24, 2.45) is 0 Å². The number of nitrogens with one attached hydrogen (secondary N) is 1. The van der Waals surface area contributed by atoms with Gasteiger partial charge in [0, 0.05) is 19.3 Å². The Kier molecular flexibility index (Phi) is 2.58. The lowest BCUT2D eigenvalue weighted by atomic mass is 10.1. The van der Waals surface area contributed by atoms with Crippen molar-refractivity contribution >= 4 is 22.9 Å². The molecule has 3 heterocycles. The third kappa shape index (κ3) is 1.87. The van der Waals surface area contributed by atoms with E-state index in [0.29, 0.717) is 17.0 Å². The van der Waals surface area contributed by atoms with Crippen LogP contribution in [0.5, 0.6) is 0 Å². The number of H-pyrrole nitrogens is 1. The van der Waals surface area contributed by atoms with E-state index in [0.717, 1.165) is 25.9 Å². The average Bonchev–Trinajstić information content (AvgIpc) is 2.39. The molecule has 0 amide bonds. The Morgan fingerprint density at radius 1 is 1.22 bits per heavy atom. The number of rotatable bonds is 1. The molecule has 2 aromatic rings. The number of fused-ring (bicyclic) bond motifs is 1. The Labute approximate surface area is 103 Å². The summed E-state index contributed by atoms with van der Waals surface area (Å²) >= 11 is 0. The van der Waals surface area contributed by atoms with E-state index in [2.05, 4.69) is 24.8 Å². The molecule has 0 aromatic carbocycles. The topological polar surface area (TPSA) is 101 Å². The van der Waals surface area contributed by atoms with Crippen molar-refractivity contribution in [1.82, 2.24) is 19.9 Å². The number of hydrogen-bond donors (Lipinski definition) is 2. The fourth-order valence-electron chi connectivity index (χ4n) is 2.18. The standard InChI is InChI=1S/C11H14N6O/c12-10-13-6-7-8(14-10)15-11(16-9(7)18)17-4-2-1-3-5-17/h6H,1-5H2,(H3,12,13,14,15,16,18). The zero-order valence-corrected chi connectivity index (χ0v) is 9.89. The second-order valence-electron chi connectivity index (χ2n) is 4.40. The molecule has 3 N–H and O–H groups in total. The molecule has 2 aromatic heterocycles. The second-order valence-corrected chi connectivity index (χ2v) is 4.40. The fourth-order valence-corrected chi connectivity index (χ4v) is 2.18. The molecule has 1 saturated heterocycles. The Balaban J connectivity index is 2.10. The molecule has 0 aliphatic carbocycles. The van der Waals surface area contributed by atoms with Crippen LogP contribution in [0.15, 0.2) is 11.0 Å². The predicted octanol–water partition coefficient (Wildman–Crippen LogP) is 0.286. The molecule has 0 unspecified atom stereocenters. The van der Waals surface area contributed by atoms with Crippen LogP contribution in [0.2, 0.25) is 0 Å². The van der Waals surface area contributed by atoms with Gasteiger partial charge in [-0.15, -0.1) is 0 Å². The van der Waals surface area contributed by atoms with Crippen LogP contribution in [0.4, 0.5) is 11.9 Å². The molecule has 7 heteroatoms. The van der Waals surface area contributed by atoms with Gasteiger partial charge in [-0.05, 0) is 19.3 Å². The number of aromatic nitrogens is 4. The third-order valence-electron chi connectivity index (χ3n) is 3.12. The van der Waals surface area contributed by atoms with Gasteiger partial charge in [0.05, 0.1) is 0 Å². The first-order valence-electron chi connectivity index (χ1n) is 6.01. The zero-order chi connectivity index (χ0) is 12.5. The lowest BCUT2D eigenvalue weighted by Crippen LogP contribution is -2.32. The maximum absolute atomic E-state index is 11.9. The highest BCUT2D eigenvalue weighted by molar-refractivity contribution is 5.74. The highest BCUT2D eigenvalue weighted by atomic mass is 16.1. The van der Waals surface area contributed by atoms with Crippen LogP contribution >= 0.6 is 0 Å². The summed E-state index contributed by atoms with van der Waals surface area (Å²) < 4.78 is 0. The lowest BCUT2D eigenvalue weighted by Gasteiger charge is -2.26. The van der Waals surface area contributed by atoms with E-state index in [-0.39, 0.29) is 11.5 Å². The summed E-state index contributed by atoms with van der Waals surface area (Å²) in [6.07, 6.45) is 4.87. The van der Waals surface area contributed by atoms with Gasteiger partial charge in [-0.1, -0.05) is 0 Å². The van der Waals surface area contributed by atoms with Gasteiger partial charge in [-0.25, -0.2) is 4.98 Å². The molecule has 0 bridgehead atoms. The van der Waals surface area contributed by atoms with E-state index in [1.54, 1.807) is 0 Å². The molecule has 0 spiro atoms. The number of aromatic amines is 1. The second kappa shape index (κ2) is 4.25. The normalized spacial score (nSPS) is 16.1. The van der Waals surface area contributed by atoms with Crippen molar-refractivity contribution in [3.05, 3.63) is 16.6 Å². The van der Waals surface area contributed by atoms with Gasteiger partial charge in [0.1, 0.15) is 5.39 Å². The summed E-state index contributed by atoms with van der Waals surface area (Å²) in [5.74, 6) is 0.704. The first-order valence-corrected chi connectivity index (χ1v) is 6.01. The van der Waals surface area contributed by atoms with Crippen molar-refractivity contribution in [3.8, 4) is 0 Å². The molecule has 0 atom stereocenters. The number of anilines is 2. The highest BCUT2D eigenvalue weighted by Crippen LogP contribution is 2.15. The van der Waals surface area contributed by atoms with Crippen LogP contribution < -0.4 is 16.2 Å². The molecule has 18 heavy (non-hydrogen) atoms. The Bertz CT molecular complexity index is 631. The first kappa shape index (κ1) is 10.9. The third-order valence-corrected chi connectivity index (χ3v) is 3.12. The average molecular weight is 246 g/mol. The predicted molar refractivity (Wildman–Crippen MR) is 68.4 cm³/mol. The van der Waals surface area contributed by atoms with Crippen LogP contribution in [0.1, 0.15) is 19.3 Å². The van der Waals surface area contributed by atoms with E-state index < -0.39 is 0 Å². The van der Waals surface area contributed by atoms with Gasteiger partial charge in [-0.3, -0.25) is 9.78 Å². The van der Waals surface area contributed by atoms with Crippen LogP contribution in [-0.2, 0) is 0 Å². The molecule has 1 aliphatic heterocycles. The van der Waals surface area contributed by atoms with Gasteiger partial charge < -0.3 is 10.6 Å². The monoisotopic (exact) mass is 246 g/mol. The molecule has 3 rings (SSSR count). The van der Waals surface area contributed by atoms with E-state index in [1.165, 1.54) is 12.6 Å². The maximum atomic E-state index is 11.9. The van der Waals surface area contributed by atoms with Crippen LogP contribution in [0, 0.1) is 0 Å². The Morgan fingerprint density at radius 3 is 2.78 bits per heavy atom. The molecule has 1 fully saturated rings. The summed E-state index contributed by atoms with van der Waals surface area (Å²) in [6, 6.07) is 0. The van der Waals surface area contributed by atoms with E-state index in [1.807, 2.05) is 0 Å². The number of nitrogens with two attached hydrogens (primary N) is 1. The van der Waals surface area contributed by atoms with Crippen LogP contribution in [0.25, 0.3) is 11.0 Å². The number of piperidine rings is 1. The molecule has 0 saturated carbocycles. The summed E-state index contributed by atoms with van der Waals surface area (Å²) in [6.45, 7) is 1.82. The summed E-state index contributed by atoms with van der Waals surface area (Å²) in [7, 11) is 0. The quantitative estimate of drug-likeness (QED) is 0.749. The Morgan fingerprint density at radius 2 is 2.00 bits per heavy atom. The molecule has 0 radical (unpaired) electrons. The van der Waals surface area contributed by atoms with E-state index >= 15 is 0 Å². The number of hydrogen-bond acceptors (Lipinski definition) is 6. The SMILES string of the molecule is Nc1ncc2c(=O)[nH]c(N3CCCCC3)nc2n1. The largest absolute Gasteiger partial charge is 0.368 e. The van der Waals surface area contributed by atoms with Gasteiger partial charge in [0.2, 0.25) is 11.9 Å². The lowest BCUT2D eigenvalue weighted by molar-refractivity contribution is 0.568. The van der Waals surface area contributed by atoms with Gasteiger partial charge in [0.15, 0.2) is 5.65 Å². The number of nitrogen functional groups attached to an aromatic ring is 1. The van der Waals surface area contributed by atoms with Crippen LogP contribution in [0.3, 0.4) is 0 Å². The van der Waals surface area contributed by atoms with Crippen molar-refractivity contribution in [1.29, 1.82) is 0 Å². The summed E-state index contributed by atoms with van der Waals surface area (Å²) in [5, 5.41) is 0.366. The van der Waals surface area contributed by atoms with Crippen molar-refractivity contribution in [3.63, 3.8) is 0 Å². The minimum absolute atomic E-state index is 0.130. The van der Waals surface area contributed by atoms with Gasteiger partial charge in [0.25, 0.3) is 5.56 Å². The maximum Gasteiger partial charge on any atom is 0.263 e. The summed E-state index contributed by atoms with van der Waals surface area (Å²) in [4.78, 5) is 28.9. The van der Waals surface area contributed by atoms with Crippen molar-refractivity contribution in [2.75, 3.05) is 23.7 Å². The molecule has 7 nitrogen and oxygen atoms in total. The highest BCUT2D eigenvalue weighted by Gasteiger charge is 2.15. The van der Waals surface area contributed by atoms with Crippen molar-refractivity contribution < 1.29 is 0 Å². The van der Waals surface area contributed by atoms with Gasteiger partial charge >= 0.3 is 0 Å². The smallest absolute Gasteiger partial charge is 0.263 e. The molecular formula is C11H14N6O. The van der Waals surface area contributed by atoms with Crippen molar-refractivity contribution in [2.45, 2.75) is 19.3 Å². The molecule has 1 aliphatic rings. The first-order chi connectivity index (χ1) is 8.74.